The van der Waals surface area contributed by atoms with Gasteiger partial charge in [-0.25, -0.2) is 4.79 Å². The van der Waals surface area contributed by atoms with Crippen LogP contribution < -0.4 is 4.74 Å². The molecule has 1 atom stereocenters. The van der Waals surface area contributed by atoms with Crippen LogP contribution in [-0.2, 0) is 15.9 Å². The zero-order chi connectivity index (χ0) is 28.9. The summed E-state index contributed by atoms with van der Waals surface area (Å²) in [5.74, 6) is -0.116. The molecule has 212 valence electrons. The van der Waals surface area contributed by atoms with Gasteiger partial charge in [-0.15, -0.1) is 0 Å². The second kappa shape index (κ2) is 13.0. The van der Waals surface area contributed by atoms with Crippen LogP contribution in [0.5, 0.6) is 5.75 Å². The predicted molar refractivity (Wildman–Crippen MR) is 159 cm³/mol. The topological polar surface area (TPSA) is 84.0 Å². The Morgan fingerprint density at radius 2 is 1.88 bits per heavy atom. The van der Waals surface area contributed by atoms with Gasteiger partial charge in [-0.1, -0.05) is 35.9 Å². The van der Waals surface area contributed by atoms with E-state index >= 15 is 0 Å². The maximum absolute atomic E-state index is 13.4. The third-order valence-corrected chi connectivity index (χ3v) is 6.94. The number of nitrogens with zero attached hydrogens (tertiary/aromatic N) is 1. The molecule has 1 aromatic heterocycles. The lowest BCUT2D eigenvalue weighted by molar-refractivity contribution is -0.177. The number of nitrogens with one attached hydrogen (secondary N) is 1. The van der Waals surface area contributed by atoms with Crippen LogP contribution >= 0.6 is 23.2 Å². The van der Waals surface area contributed by atoms with Crippen molar-refractivity contribution in [2.45, 2.75) is 45.4 Å². The second-order valence-corrected chi connectivity index (χ2v) is 10.8. The summed E-state index contributed by atoms with van der Waals surface area (Å²) in [7, 11) is 0. The summed E-state index contributed by atoms with van der Waals surface area (Å²) >= 11 is 12.3. The SMILES string of the molecule is C=C(/C=C\C(=C/C)OCCCOC(C)(C)O)[C@H]1c2[nH]c3ccc(Cl)cc3c2CCN1C(=O)Oc1ccc(Cl)cc1. The van der Waals surface area contributed by atoms with Crippen LogP contribution in [0.2, 0.25) is 10.0 Å². The number of carbonyl (C=O) groups excluding carboxylic acids is 1. The molecule has 0 fully saturated rings. The average molecular weight is 586 g/mol. The monoisotopic (exact) mass is 584 g/mol. The van der Waals surface area contributed by atoms with Crippen molar-refractivity contribution in [1.29, 1.82) is 0 Å². The van der Waals surface area contributed by atoms with E-state index in [1.165, 1.54) is 0 Å². The zero-order valence-electron chi connectivity index (χ0n) is 22.9. The molecule has 9 heteroatoms. The highest BCUT2D eigenvalue weighted by molar-refractivity contribution is 6.31. The van der Waals surface area contributed by atoms with E-state index in [2.05, 4.69) is 11.6 Å². The van der Waals surface area contributed by atoms with E-state index in [-0.39, 0.29) is 0 Å². The fourth-order valence-corrected chi connectivity index (χ4v) is 4.88. The van der Waals surface area contributed by atoms with E-state index in [0.29, 0.717) is 59.7 Å². The molecule has 0 aliphatic carbocycles. The van der Waals surface area contributed by atoms with E-state index in [9.17, 15) is 9.90 Å². The minimum absolute atomic E-state index is 0.372. The Kier molecular flexibility index (Phi) is 9.64. The number of carbonyl (C=O) groups is 1. The molecule has 7 nitrogen and oxygen atoms in total. The zero-order valence-corrected chi connectivity index (χ0v) is 24.4. The number of aromatic amines is 1. The fourth-order valence-electron chi connectivity index (χ4n) is 4.58. The Morgan fingerprint density at radius 1 is 1.15 bits per heavy atom. The van der Waals surface area contributed by atoms with Crippen LogP contribution in [0, 0.1) is 0 Å². The molecule has 0 unspecified atom stereocenters. The Bertz CT molecular complexity index is 1420. The molecule has 0 saturated heterocycles. The first kappa shape index (κ1) is 29.7. The normalized spacial score (nSPS) is 15.9. The Balaban J connectivity index is 1.55. The number of aliphatic hydroxyl groups is 1. The molecular weight excluding hydrogens is 551 g/mol. The van der Waals surface area contributed by atoms with Crippen LogP contribution in [0.25, 0.3) is 10.9 Å². The van der Waals surface area contributed by atoms with Gasteiger partial charge in [-0.2, -0.15) is 0 Å². The molecule has 3 aromatic rings. The molecule has 2 N–H and O–H groups in total. The van der Waals surface area contributed by atoms with Crippen molar-refractivity contribution in [3.05, 3.63) is 99.9 Å². The molecule has 0 bridgehead atoms. The maximum Gasteiger partial charge on any atom is 0.416 e. The maximum atomic E-state index is 13.4. The Hall–Kier alpha value is -3.23. The van der Waals surface area contributed by atoms with Gasteiger partial charge in [0.15, 0.2) is 5.79 Å². The lowest BCUT2D eigenvalue weighted by Crippen LogP contribution is -2.42. The number of halogens is 2. The molecule has 1 amide bonds. The third-order valence-electron chi connectivity index (χ3n) is 6.45. The van der Waals surface area contributed by atoms with Crippen LogP contribution in [0.3, 0.4) is 0 Å². The van der Waals surface area contributed by atoms with Crippen LogP contribution in [0.15, 0.2) is 78.6 Å². The van der Waals surface area contributed by atoms with Crippen molar-refractivity contribution in [3.63, 3.8) is 0 Å². The summed E-state index contributed by atoms with van der Waals surface area (Å²) in [4.78, 5) is 18.6. The van der Waals surface area contributed by atoms with E-state index < -0.39 is 17.9 Å². The first-order valence-electron chi connectivity index (χ1n) is 13.1. The first-order valence-corrected chi connectivity index (χ1v) is 13.9. The number of aromatic nitrogens is 1. The Labute approximate surface area is 244 Å². The summed E-state index contributed by atoms with van der Waals surface area (Å²) in [6.45, 7) is 10.6. The van der Waals surface area contributed by atoms with Gasteiger partial charge in [0.1, 0.15) is 17.6 Å². The van der Waals surface area contributed by atoms with Crippen LogP contribution in [0.1, 0.15) is 44.5 Å². The van der Waals surface area contributed by atoms with Crippen molar-refractivity contribution in [2.24, 2.45) is 0 Å². The second-order valence-electron chi connectivity index (χ2n) is 9.97. The molecule has 0 radical (unpaired) electrons. The molecule has 2 aromatic carbocycles. The van der Waals surface area contributed by atoms with Crippen LogP contribution in [-0.4, -0.2) is 46.6 Å². The highest BCUT2D eigenvalue weighted by Gasteiger charge is 2.35. The smallest absolute Gasteiger partial charge is 0.416 e. The summed E-state index contributed by atoms with van der Waals surface area (Å²) in [5, 5.41) is 11.9. The highest BCUT2D eigenvalue weighted by atomic mass is 35.5. The molecular formula is C31H34Cl2N2O5. The number of allylic oxidation sites excluding steroid dienone is 2. The van der Waals surface area contributed by atoms with Gasteiger partial charge in [-0.3, -0.25) is 4.90 Å². The van der Waals surface area contributed by atoms with Gasteiger partial charge in [0.05, 0.1) is 13.2 Å². The van der Waals surface area contributed by atoms with Gasteiger partial charge in [0, 0.05) is 39.6 Å². The number of hydrogen-bond acceptors (Lipinski definition) is 5. The van der Waals surface area contributed by atoms with Gasteiger partial charge in [0.25, 0.3) is 0 Å². The number of fused-ring (bicyclic) bond motifs is 3. The van der Waals surface area contributed by atoms with Crippen molar-refractivity contribution in [3.8, 4) is 5.75 Å². The van der Waals surface area contributed by atoms with Gasteiger partial charge < -0.3 is 24.3 Å². The molecule has 40 heavy (non-hydrogen) atoms. The summed E-state index contributed by atoms with van der Waals surface area (Å²) in [6, 6.07) is 11.9. The molecule has 0 saturated carbocycles. The number of rotatable bonds is 10. The quantitative estimate of drug-likeness (QED) is 0.110. The highest BCUT2D eigenvalue weighted by Crippen LogP contribution is 2.39. The van der Waals surface area contributed by atoms with E-state index in [4.69, 9.17) is 37.4 Å². The van der Waals surface area contributed by atoms with Crippen molar-refractivity contribution in [1.82, 2.24) is 9.88 Å². The molecule has 1 aliphatic rings. The lowest BCUT2D eigenvalue weighted by Gasteiger charge is -2.35. The van der Waals surface area contributed by atoms with Gasteiger partial charge >= 0.3 is 6.09 Å². The number of ether oxygens (including phenoxy) is 3. The fraction of sp³-hybridized carbons (Fsp3) is 0.323. The van der Waals surface area contributed by atoms with E-state index in [1.807, 2.05) is 43.4 Å². The predicted octanol–water partition coefficient (Wildman–Crippen LogP) is 7.74. The minimum Gasteiger partial charge on any atom is -0.494 e. The average Bonchev–Trinajstić information content (AvgIpc) is 3.27. The molecule has 2 heterocycles. The van der Waals surface area contributed by atoms with Crippen molar-refractivity contribution >= 4 is 40.2 Å². The van der Waals surface area contributed by atoms with E-state index in [1.54, 1.807) is 43.0 Å². The van der Waals surface area contributed by atoms with Gasteiger partial charge in [0.2, 0.25) is 0 Å². The third kappa shape index (κ3) is 7.49. The molecule has 0 spiro atoms. The van der Waals surface area contributed by atoms with Crippen molar-refractivity contribution < 1.29 is 24.1 Å². The molecule has 4 rings (SSSR count). The van der Waals surface area contributed by atoms with Crippen molar-refractivity contribution in [2.75, 3.05) is 19.8 Å². The number of hydrogen-bond donors (Lipinski definition) is 2. The summed E-state index contributed by atoms with van der Waals surface area (Å²) in [5.41, 5.74) is 3.59. The van der Waals surface area contributed by atoms with Gasteiger partial charge in [-0.05, 0) is 92.9 Å². The summed E-state index contributed by atoms with van der Waals surface area (Å²) < 4.78 is 16.9. The standard InChI is InChI=1S/C31H34Cl2N2O5/c1-5-23(38-17-6-18-39-31(3,4)37)11-7-20(2)29-28-25(26-19-22(33)10-14-27(26)34-28)15-16-35(29)30(36)40-24-12-8-21(32)9-13-24/h5,7-14,19,29,34,37H,2,6,15-18H2,1,3-4H3/b11-7-,23-5+/t29-/m0/s1. The first-order chi connectivity index (χ1) is 19.1. The largest absolute Gasteiger partial charge is 0.494 e. The number of H-pyrrole nitrogens is 1. The molecule has 1 aliphatic heterocycles. The summed E-state index contributed by atoms with van der Waals surface area (Å²) in [6.07, 6.45) is 6.29. The lowest BCUT2D eigenvalue weighted by atomic mass is 9.93. The minimum atomic E-state index is -1.17. The number of benzene rings is 2. The van der Waals surface area contributed by atoms with E-state index in [0.717, 1.165) is 22.2 Å². The Morgan fingerprint density at radius 3 is 2.58 bits per heavy atom. The number of amides is 1. The van der Waals surface area contributed by atoms with Crippen LogP contribution in [0.4, 0.5) is 4.79 Å².